The van der Waals surface area contributed by atoms with Crippen molar-refractivity contribution in [2.45, 2.75) is 43.9 Å². The van der Waals surface area contributed by atoms with Gasteiger partial charge in [-0.1, -0.05) is 12.1 Å². The van der Waals surface area contributed by atoms with Gasteiger partial charge in [0.15, 0.2) is 0 Å². The number of amides is 2. The van der Waals surface area contributed by atoms with Gasteiger partial charge in [-0.3, -0.25) is 0 Å². The Labute approximate surface area is 144 Å². The van der Waals surface area contributed by atoms with Gasteiger partial charge >= 0.3 is 6.03 Å². The monoisotopic (exact) mass is 328 g/mol. The highest BCUT2D eigenvalue weighted by Crippen LogP contribution is 2.60. The van der Waals surface area contributed by atoms with Gasteiger partial charge in [0.1, 0.15) is 0 Å². The van der Waals surface area contributed by atoms with E-state index in [-0.39, 0.29) is 12.6 Å². The summed E-state index contributed by atoms with van der Waals surface area (Å²) in [5, 5.41) is 11.8. The van der Waals surface area contributed by atoms with Crippen molar-refractivity contribution in [3.8, 4) is 0 Å². The van der Waals surface area contributed by atoms with E-state index >= 15 is 0 Å². The molecule has 4 fully saturated rings. The van der Waals surface area contributed by atoms with Crippen LogP contribution in [0.25, 0.3) is 0 Å². The van der Waals surface area contributed by atoms with Crippen LogP contribution in [0.15, 0.2) is 24.3 Å². The van der Waals surface area contributed by atoms with Crippen molar-refractivity contribution >= 4 is 11.7 Å². The lowest BCUT2D eigenvalue weighted by atomic mass is 9.48. The number of aliphatic hydroxyl groups excluding tert-OH is 1. The number of nitrogens with one attached hydrogen (secondary N) is 1. The number of likely N-dealkylation sites (N-methyl/N-ethyl adjacent to an activating group) is 1. The Kier molecular flexibility index (Phi) is 4.03. The molecule has 4 bridgehead atoms. The van der Waals surface area contributed by atoms with E-state index in [1.807, 2.05) is 12.1 Å². The SMILES string of the molecule is CN(CCO)C(=O)Nc1ccc(C23CC4CC(CC(C4)C2)C3)cc1. The van der Waals surface area contributed by atoms with E-state index in [0.29, 0.717) is 12.0 Å². The van der Waals surface area contributed by atoms with Crippen LogP contribution in [0.1, 0.15) is 44.1 Å². The largest absolute Gasteiger partial charge is 0.395 e. The summed E-state index contributed by atoms with van der Waals surface area (Å²) < 4.78 is 0. The lowest BCUT2D eigenvalue weighted by Crippen LogP contribution is -2.48. The molecule has 4 nitrogen and oxygen atoms in total. The third kappa shape index (κ3) is 2.81. The fourth-order valence-electron chi connectivity index (χ4n) is 5.84. The zero-order valence-corrected chi connectivity index (χ0v) is 14.5. The van der Waals surface area contributed by atoms with Crippen molar-refractivity contribution in [2.24, 2.45) is 17.8 Å². The Bertz CT molecular complexity index is 575. The van der Waals surface area contributed by atoms with Gasteiger partial charge in [0.05, 0.1) is 6.61 Å². The van der Waals surface area contributed by atoms with Crippen LogP contribution < -0.4 is 5.32 Å². The number of anilines is 1. The highest BCUT2D eigenvalue weighted by Gasteiger charge is 2.51. The second kappa shape index (κ2) is 6.07. The van der Waals surface area contributed by atoms with Crippen LogP contribution in [0, 0.1) is 17.8 Å². The van der Waals surface area contributed by atoms with Crippen LogP contribution in [-0.2, 0) is 5.41 Å². The molecule has 1 aromatic carbocycles. The second-order valence-corrected chi connectivity index (χ2v) is 8.35. The molecule has 4 heteroatoms. The molecule has 0 spiro atoms. The molecule has 1 aromatic rings. The number of urea groups is 1. The van der Waals surface area contributed by atoms with Crippen molar-refractivity contribution in [1.29, 1.82) is 0 Å². The zero-order valence-electron chi connectivity index (χ0n) is 14.5. The van der Waals surface area contributed by atoms with Crippen LogP contribution in [-0.4, -0.2) is 36.2 Å². The average molecular weight is 328 g/mol. The van der Waals surface area contributed by atoms with Crippen molar-refractivity contribution in [1.82, 2.24) is 4.90 Å². The summed E-state index contributed by atoms with van der Waals surface area (Å²) in [6.07, 6.45) is 8.48. The molecule has 4 saturated carbocycles. The summed E-state index contributed by atoms with van der Waals surface area (Å²) >= 11 is 0. The van der Waals surface area contributed by atoms with Gasteiger partial charge in [-0.05, 0) is 79.4 Å². The molecule has 4 aliphatic rings. The molecule has 0 saturated heterocycles. The fraction of sp³-hybridized carbons (Fsp3) is 0.650. The molecule has 0 heterocycles. The molecule has 5 rings (SSSR count). The Morgan fingerprint density at radius 3 is 2.17 bits per heavy atom. The Balaban J connectivity index is 1.47. The van der Waals surface area contributed by atoms with Crippen LogP contribution >= 0.6 is 0 Å². The molecule has 4 aliphatic carbocycles. The van der Waals surface area contributed by atoms with Crippen molar-refractivity contribution < 1.29 is 9.90 Å². The number of rotatable bonds is 4. The maximum atomic E-state index is 12.0. The number of hydrogen-bond acceptors (Lipinski definition) is 2. The quantitative estimate of drug-likeness (QED) is 0.887. The topological polar surface area (TPSA) is 52.6 Å². The van der Waals surface area contributed by atoms with E-state index in [9.17, 15) is 4.79 Å². The van der Waals surface area contributed by atoms with E-state index in [2.05, 4.69) is 17.4 Å². The molecule has 2 amide bonds. The summed E-state index contributed by atoms with van der Waals surface area (Å²) in [5.41, 5.74) is 2.71. The molecule has 0 aliphatic heterocycles. The zero-order chi connectivity index (χ0) is 16.7. The summed E-state index contributed by atoms with van der Waals surface area (Å²) in [4.78, 5) is 13.5. The first-order chi connectivity index (χ1) is 11.6. The van der Waals surface area contributed by atoms with Gasteiger partial charge in [0.2, 0.25) is 0 Å². The molecular weight excluding hydrogens is 300 g/mol. The minimum atomic E-state index is -0.174. The maximum Gasteiger partial charge on any atom is 0.321 e. The summed E-state index contributed by atoms with van der Waals surface area (Å²) in [6.45, 7) is 0.325. The molecular formula is C20H28N2O2. The van der Waals surface area contributed by atoms with E-state index in [1.54, 1.807) is 7.05 Å². The highest BCUT2D eigenvalue weighted by atomic mass is 16.3. The first-order valence-corrected chi connectivity index (χ1v) is 9.31. The van der Waals surface area contributed by atoms with E-state index in [0.717, 1.165) is 23.4 Å². The highest BCUT2D eigenvalue weighted by molar-refractivity contribution is 5.89. The van der Waals surface area contributed by atoms with E-state index in [4.69, 9.17) is 5.11 Å². The summed E-state index contributed by atoms with van der Waals surface area (Å²) in [5.74, 6) is 2.84. The first kappa shape index (κ1) is 15.9. The van der Waals surface area contributed by atoms with Crippen molar-refractivity contribution in [2.75, 3.05) is 25.5 Å². The minimum Gasteiger partial charge on any atom is -0.395 e. The van der Waals surface area contributed by atoms with E-state index < -0.39 is 0 Å². The van der Waals surface area contributed by atoms with Crippen LogP contribution in [0.2, 0.25) is 0 Å². The normalized spacial score (nSPS) is 33.5. The number of nitrogens with zero attached hydrogens (tertiary/aromatic N) is 1. The number of carbonyl (C=O) groups excluding carboxylic acids is 1. The Morgan fingerprint density at radius 2 is 1.67 bits per heavy atom. The number of hydrogen-bond donors (Lipinski definition) is 2. The molecule has 0 aromatic heterocycles. The first-order valence-electron chi connectivity index (χ1n) is 9.31. The Hall–Kier alpha value is -1.55. The van der Waals surface area contributed by atoms with Gasteiger partial charge in [0.25, 0.3) is 0 Å². The van der Waals surface area contributed by atoms with Gasteiger partial charge < -0.3 is 15.3 Å². The number of aliphatic hydroxyl groups is 1. The summed E-state index contributed by atoms with van der Waals surface area (Å²) in [6, 6.07) is 8.37. The van der Waals surface area contributed by atoms with E-state index in [1.165, 1.54) is 49.0 Å². The standard InChI is InChI=1S/C20H28N2O2/c1-22(6-7-23)19(24)21-18-4-2-17(3-5-18)20-11-14-8-15(12-20)10-16(9-14)13-20/h2-5,14-16,23H,6-13H2,1H3,(H,21,24). The van der Waals surface area contributed by atoms with Crippen LogP contribution in [0.5, 0.6) is 0 Å². The molecule has 2 N–H and O–H groups in total. The molecule has 24 heavy (non-hydrogen) atoms. The van der Waals surface area contributed by atoms with Crippen LogP contribution in [0.3, 0.4) is 0 Å². The minimum absolute atomic E-state index is 0.0190. The molecule has 130 valence electrons. The van der Waals surface area contributed by atoms with Crippen molar-refractivity contribution in [3.05, 3.63) is 29.8 Å². The average Bonchev–Trinajstić information content (AvgIpc) is 2.54. The van der Waals surface area contributed by atoms with Gasteiger partial charge in [-0.2, -0.15) is 0 Å². The Morgan fingerprint density at radius 1 is 1.12 bits per heavy atom. The predicted octanol–water partition coefficient (Wildman–Crippen LogP) is 3.61. The lowest BCUT2D eigenvalue weighted by Gasteiger charge is -2.57. The van der Waals surface area contributed by atoms with Crippen LogP contribution in [0.4, 0.5) is 10.5 Å². The molecule has 0 radical (unpaired) electrons. The number of benzene rings is 1. The molecule has 0 atom stereocenters. The van der Waals surface area contributed by atoms with Crippen molar-refractivity contribution in [3.63, 3.8) is 0 Å². The van der Waals surface area contributed by atoms with Gasteiger partial charge in [-0.25, -0.2) is 4.79 Å². The lowest BCUT2D eigenvalue weighted by molar-refractivity contribution is -0.00518. The third-order valence-electron chi connectivity index (χ3n) is 6.57. The third-order valence-corrected chi connectivity index (χ3v) is 6.57. The maximum absolute atomic E-state index is 12.0. The fourth-order valence-corrected chi connectivity index (χ4v) is 5.84. The predicted molar refractivity (Wildman–Crippen MR) is 95.0 cm³/mol. The number of carbonyl (C=O) groups is 1. The van der Waals surface area contributed by atoms with Gasteiger partial charge in [0, 0.05) is 19.3 Å². The summed E-state index contributed by atoms with van der Waals surface area (Å²) in [7, 11) is 1.69. The van der Waals surface area contributed by atoms with Gasteiger partial charge in [-0.15, -0.1) is 0 Å². The smallest absolute Gasteiger partial charge is 0.321 e. The second-order valence-electron chi connectivity index (χ2n) is 8.35. The molecule has 0 unspecified atom stereocenters.